The molecule has 0 atom stereocenters. The molecule has 2 rings (SSSR count). The highest BCUT2D eigenvalue weighted by Gasteiger charge is 2.16. The summed E-state index contributed by atoms with van der Waals surface area (Å²) in [5.74, 6) is -0.265. The highest BCUT2D eigenvalue weighted by molar-refractivity contribution is 7.88. The molecule has 0 bridgehead atoms. The predicted octanol–water partition coefficient (Wildman–Crippen LogP) is 4.27. The Bertz CT molecular complexity index is 710. The van der Waals surface area contributed by atoms with Gasteiger partial charge in [0.2, 0.25) is 10.0 Å². The molecule has 0 heterocycles. The molecule has 0 aromatic heterocycles. The summed E-state index contributed by atoms with van der Waals surface area (Å²) in [5.41, 5.74) is 1.21. The van der Waals surface area contributed by atoms with Gasteiger partial charge in [0, 0.05) is 27.2 Å². The van der Waals surface area contributed by atoms with Crippen LogP contribution in [-0.4, -0.2) is 8.42 Å². The Morgan fingerprint density at radius 1 is 0.905 bits per heavy atom. The lowest BCUT2D eigenvalue weighted by Crippen LogP contribution is -2.25. The van der Waals surface area contributed by atoms with E-state index >= 15 is 0 Å². The van der Waals surface area contributed by atoms with Crippen LogP contribution in [0.3, 0.4) is 0 Å². The standard InChI is InChI=1S/C14H12Cl3NO2S/c15-11-6-4-10(5-7-11)8-18-21(19,20)9-12-13(16)2-1-3-14(12)17/h1-7,18H,8-9H2. The van der Waals surface area contributed by atoms with Gasteiger partial charge in [0.25, 0.3) is 0 Å². The molecule has 0 aliphatic rings. The van der Waals surface area contributed by atoms with Crippen molar-refractivity contribution in [3.05, 3.63) is 68.7 Å². The Kier molecular flexibility index (Phi) is 5.52. The van der Waals surface area contributed by atoms with E-state index in [-0.39, 0.29) is 12.3 Å². The molecule has 0 aliphatic carbocycles. The summed E-state index contributed by atoms with van der Waals surface area (Å²) in [6, 6.07) is 11.8. The summed E-state index contributed by atoms with van der Waals surface area (Å²) in [6.07, 6.45) is 0. The third-order valence-electron chi connectivity index (χ3n) is 2.81. The van der Waals surface area contributed by atoms with E-state index in [2.05, 4.69) is 4.72 Å². The summed E-state index contributed by atoms with van der Waals surface area (Å²) in [4.78, 5) is 0. The van der Waals surface area contributed by atoms with Crippen molar-refractivity contribution in [3.8, 4) is 0 Å². The molecule has 0 saturated carbocycles. The second-order valence-corrected chi connectivity index (χ2v) is 7.46. The molecular formula is C14H12Cl3NO2S. The summed E-state index contributed by atoms with van der Waals surface area (Å²) >= 11 is 17.7. The van der Waals surface area contributed by atoms with Crippen LogP contribution >= 0.6 is 34.8 Å². The van der Waals surface area contributed by atoms with Crippen molar-refractivity contribution in [1.82, 2.24) is 4.72 Å². The number of hydrogen-bond acceptors (Lipinski definition) is 2. The quantitative estimate of drug-likeness (QED) is 0.861. The van der Waals surface area contributed by atoms with Crippen LogP contribution in [0.2, 0.25) is 15.1 Å². The van der Waals surface area contributed by atoms with Gasteiger partial charge in [-0.15, -0.1) is 0 Å². The van der Waals surface area contributed by atoms with Crippen molar-refractivity contribution in [2.75, 3.05) is 0 Å². The number of halogens is 3. The van der Waals surface area contributed by atoms with Gasteiger partial charge < -0.3 is 0 Å². The highest BCUT2D eigenvalue weighted by atomic mass is 35.5. The van der Waals surface area contributed by atoms with Crippen LogP contribution in [-0.2, 0) is 22.3 Å². The molecule has 1 N–H and O–H groups in total. The van der Waals surface area contributed by atoms with E-state index in [0.717, 1.165) is 5.56 Å². The minimum Gasteiger partial charge on any atom is -0.212 e. The fraction of sp³-hybridized carbons (Fsp3) is 0.143. The normalized spacial score (nSPS) is 11.6. The van der Waals surface area contributed by atoms with Crippen LogP contribution in [0.25, 0.3) is 0 Å². The second-order valence-electron chi connectivity index (χ2n) is 4.41. The molecule has 0 fully saturated rings. The van der Waals surface area contributed by atoms with Gasteiger partial charge in [-0.25, -0.2) is 13.1 Å². The van der Waals surface area contributed by atoms with Gasteiger partial charge >= 0.3 is 0 Å². The molecule has 2 aromatic rings. The van der Waals surface area contributed by atoms with Crippen molar-refractivity contribution in [2.45, 2.75) is 12.3 Å². The number of benzene rings is 2. The molecule has 3 nitrogen and oxygen atoms in total. The van der Waals surface area contributed by atoms with E-state index in [4.69, 9.17) is 34.8 Å². The zero-order chi connectivity index (χ0) is 15.5. The van der Waals surface area contributed by atoms with Gasteiger partial charge in [-0.2, -0.15) is 0 Å². The Balaban J connectivity index is 2.07. The maximum absolute atomic E-state index is 12.1. The zero-order valence-electron chi connectivity index (χ0n) is 10.8. The van der Waals surface area contributed by atoms with E-state index < -0.39 is 10.0 Å². The average molecular weight is 365 g/mol. The van der Waals surface area contributed by atoms with Gasteiger partial charge in [-0.1, -0.05) is 53.0 Å². The fourth-order valence-corrected chi connectivity index (χ4v) is 3.70. The smallest absolute Gasteiger partial charge is 0.212 e. The Hall–Kier alpha value is -0.780. The lowest BCUT2D eigenvalue weighted by Gasteiger charge is -2.09. The van der Waals surface area contributed by atoms with E-state index in [1.165, 1.54) is 0 Å². The first-order chi connectivity index (χ1) is 9.87. The van der Waals surface area contributed by atoms with Crippen LogP contribution in [0, 0.1) is 0 Å². The van der Waals surface area contributed by atoms with Crippen LogP contribution in [0.15, 0.2) is 42.5 Å². The molecule has 112 valence electrons. The van der Waals surface area contributed by atoms with Gasteiger partial charge in [-0.3, -0.25) is 0 Å². The summed E-state index contributed by atoms with van der Waals surface area (Å²) < 4.78 is 26.7. The van der Waals surface area contributed by atoms with Crippen LogP contribution in [0.1, 0.15) is 11.1 Å². The van der Waals surface area contributed by atoms with Crippen molar-refractivity contribution in [1.29, 1.82) is 0 Å². The van der Waals surface area contributed by atoms with Crippen molar-refractivity contribution in [3.63, 3.8) is 0 Å². The molecule has 0 unspecified atom stereocenters. The largest absolute Gasteiger partial charge is 0.216 e. The second kappa shape index (κ2) is 6.99. The van der Waals surface area contributed by atoms with Crippen molar-refractivity contribution in [2.24, 2.45) is 0 Å². The lowest BCUT2D eigenvalue weighted by molar-refractivity contribution is 0.580. The molecule has 0 saturated heterocycles. The molecule has 2 aromatic carbocycles. The van der Waals surface area contributed by atoms with E-state index in [1.807, 2.05) is 0 Å². The molecule has 7 heteroatoms. The summed E-state index contributed by atoms with van der Waals surface area (Å²) in [7, 11) is -3.54. The Morgan fingerprint density at radius 2 is 1.48 bits per heavy atom. The van der Waals surface area contributed by atoms with Crippen LogP contribution in [0.5, 0.6) is 0 Å². The van der Waals surface area contributed by atoms with Gasteiger partial charge in [0.1, 0.15) is 0 Å². The van der Waals surface area contributed by atoms with E-state index in [0.29, 0.717) is 20.6 Å². The topological polar surface area (TPSA) is 46.2 Å². The third-order valence-corrected chi connectivity index (χ3v) is 5.02. The van der Waals surface area contributed by atoms with Gasteiger partial charge in [0.05, 0.1) is 5.75 Å². The lowest BCUT2D eigenvalue weighted by atomic mass is 10.2. The first kappa shape index (κ1) is 16.6. The third kappa shape index (κ3) is 4.87. The fourth-order valence-electron chi connectivity index (χ4n) is 1.71. The van der Waals surface area contributed by atoms with E-state index in [9.17, 15) is 8.42 Å². The first-order valence-corrected chi connectivity index (χ1v) is 8.81. The van der Waals surface area contributed by atoms with E-state index in [1.54, 1.807) is 42.5 Å². The monoisotopic (exact) mass is 363 g/mol. The minimum absolute atomic E-state index is 0.182. The number of sulfonamides is 1. The SMILES string of the molecule is O=S(=O)(Cc1c(Cl)cccc1Cl)NCc1ccc(Cl)cc1. The van der Waals surface area contributed by atoms with Crippen molar-refractivity contribution < 1.29 is 8.42 Å². The number of rotatable bonds is 5. The molecule has 21 heavy (non-hydrogen) atoms. The summed E-state index contributed by atoms with van der Waals surface area (Å²) in [5, 5.41) is 1.27. The minimum atomic E-state index is -3.54. The van der Waals surface area contributed by atoms with Crippen molar-refractivity contribution >= 4 is 44.8 Å². The number of nitrogens with one attached hydrogen (secondary N) is 1. The number of hydrogen-bond donors (Lipinski definition) is 1. The first-order valence-electron chi connectivity index (χ1n) is 6.02. The molecular weight excluding hydrogens is 353 g/mol. The maximum Gasteiger partial charge on any atom is 0.216 e. The Labute approximate surface area is 138 Å². The molecule has 0 aliphatic heterocycles. The van der Waals surface area contributed by atoms with Crippen LogP contribution in [0.4, 0.5) is 0 Å². The molecule has 0 radical (unpaired) electrons. The summed E-state index contributed by atoms with van der Waals surface area (Å²) in [6.45, 7) is 0.182. The van der Waals surface area contributed by atoms with Gasteiger partial charge in [-0.05, 0) is 29.8 Å². The highest BCUT2D eigenvalue weighted by Crippen LogP contribution is 2.26. The molecule has 0 amide bonds. The van der Waals surface area contributed by atoms with Crippen LogP contribution < -0.4 is 4.72 Å². The average Bonchev–Trinajstić information content (AvgIpc) is 2.43. The zero-order valence-corrected chi connectivity index (χ0v) is 13.9. The Morgan fingerprint density at radius 3 is 2.05 bits per heavy atom. The maximum atomic E-state index is 12.1. The molecule has 0 spiro atoms. The predicted molar refractivity (Wildman–Crippen MR) is 87.4 cm³/mol. The van der Waals surface area contributed by atoms with Gasteiger partial charge in [0.15, 0.2) is 0 Å².